The summed E-state index contributed by atoms with van der Waals surface area (Å²) in [5.74, 6) is -0.00708. The topological polar surface area (TPSA) is 117 Å². The molecule has 0 aliphatic carbocycles. The summed E-state index contributed by atoms with van der Waals surface area (Å²) in [5.41, 5.74) is 5.86. The van der Waals surface area contributed by atoms with Crippen LogP contribution >= 0.6 is 0 Å². The zero-order valence-corrected chi connectivity index (χ0v) is 28.0. The Morgan fingerprint density at radius 2 is 1.61 bits per heavy atom. The van der Waals surface area contributed by atoms with Crippen molar-refractivity contribution in [3.05, 3.63) is 119 Å². The Morgan fingerprint density at radius 3 is 2.17 bits per heavy atom. The van der Waals surface area contributed by atoms with Crippen LogP contribution in [0, 0.1) is 6.92 Å². The van der Waals surface area contributed by atoms with E-state index in [1.807, 2.05) is 68.5 Å². The summed E-state index contributed by atoms with van der Waals surface area (Å²) >= 11 is 0. The Bertz CT molecular complexity index is 1800. The quantitative estimate of drug-likeness (QED) is 0.164. The van der Waals surface area contributed by atoms with E-state index in [4.69, 9.17) is 8.97 Å². The van der Waals surface area contributed by atoms with Gasteiger partial charge in [0.2, 0.25) is 5.91 Å². The van der Waals surface area contributed by atoms with Gasteiger partial charge in [-0.2, -0.15) is 8.42 Å². The Hall–Kier alpha value is -4.47. The molecule has 9 heteroatoms. The van der Waals surface area contributed by atoms with Gasteiger partial charge in [0, 0.05) is 30.4 Å². The zero-order chi connectivity index (χ0) is 33.6. The number of hydrogen-bond acceptors (Lipinski definition) is 5. The zero-order valence-electron chi connectivity index (χ0n) is 27.2. The second kappa shape index (κ2) is 14.3. The summed E-state index contributed by atoms with van der Waals surface area (Å²) in [6.45, 7) is 10.2. The Kier molecular flexibility index (Phi) is 10.7. The molecule has 1 aromatic heterocycles. The van der Waals surface area contributed by atoms with Crippen LogP contribution in [0.1, 0.15) is 72.0 Å². The Labute approximate surface area is 271 Å². The number of allylic oxidation sites excluding steroid dienone is 1. The third-order valence-electron chi connectivity index (χ3n) is 7.88. The van der Waals surface area contributed by atoms with Crippen LogP contribution in [-0.4, -0.2) is 49.0 Å². The molecule has 0 aliphatic heterocycles. The van der Waals surface area contributed by atoms with Gasteiger partial charge in [0.15, 0.2) is 0 Å². The van der Waals surface area contributed by atoms with Crippen molar-refractivity contribution in [2.45, 2.75) is 52.4 Å². The van der Waals surface area contributed by atoms with Crippen molar-refractivity contribution in [1.29, 1.82) is 0 Å². The minimum absolute atomic E-state index is 0.0327. The third-order valence-corrected chi connectivity index (χ3v) is 8.58. The second-order valence-electron chi connectivity index (χ2n) is 12.6. The summed E-state index contributed by atoms with van der Waals surface area (Å²) in [4.78, 5) is 27.8. The van der Waals surface area contributed by atoms with E-state index in [1.54, 1.807) is 24.3 Å². The summed E-state index contributed by atoms with van der Waals surface area (Å²) in [6.07, 6.45) is 4.26. The number of aryl methyl sites for hydroxylation is 1. The third kappa shape index (κ3) is 9.05. The van der Waals surface area contributed by atoms with Gasteiger partial charge in [-0.15, -0.1) is 0 Å². The van der Waals surface area contributed by atoms with E-state index in [1.165, 1.54) is 11.9 Å². The first-order valence-corrected chi connectivity index (χ1v) is 16.8. The Morgan fingerprint density at radius 1 is 0.978 bits per heavy atom. The number of nitrogens with one attached hydrogen (secondary N) is 1. The number of benzene rings is 3. The van der Waals surface area contributed by atoms with Crippen LogP contribution < -0.4 is 5.32 Å². The summed E-state index contributed by atoms with van der Waals surface area (Å²) in [7, 11) is -2.70. The first-order valence-electron chi connectivity index (χ1n) is 15.2. The average Bonchev–Trinajstić information content (AvgIpc) is 3.38. The van der Waals surface area contributed by atoms with Gasteiger partial charge in [0.25, 0.3) is 16.0 Å². The van der Waals surface area contributed by atoms with Gasteiger partial charge in [-0.25, -0.2) is 0 Å². The number of rotatable bonds is 11. The van der Waals surface area contributed by atoms with Crippen LogP contribution in [0.2, 0.25) is 0 Å². The van der Waals surface area contributed by atoms with Crippen molar-refractivity contribution >= 4 is 33.7 Å². The predicted octanol–water partition coefficient (Wildman–Crippen LogP) is 7.51. The molecular formula is C37H42N2O6S. The lowest BCUT2D eigenvalue weighted by Crippen LogP contribution is -2.31. The van der Waals surface area contributed by atoms with Crippen LogP contribution in [0.3, 0.4) is 0 Å². The fourth-order valence-electron chi connectivity index (χ4n) is 5.07. The van der Waals surface area contributed by atoms with Crippen molar-refractivity contribution in [3.63, 3.8) is 0 Å². The molecule has 46 heavy (non-hydrogen) atoms. The van der Waals surface area contributed by atoms with Crippen LogP contribution in [0.4, 0.5) is 5.69 Å². The number of amides is 2. The molecule has 0 saturated carbocycles. The fourth-order valence-corrected chi connectivity index (χ4v) is 5.58. The van der Waals surface area contributed by atoms with Gasteiger partial charge < -0.3 is 14.6 Å². The van der Waals surface area contributed by atoms with Crippen molar-refractivity contribution in [1.82, 2.24) is 4.90 Å². The minimum atomic E-state index is -4.18. The van der Waals surface area contributed by atoms with Gasteiger partial charge >= 0.3 is 0 Å². The van der Waals surface area contributed by atoms with Crippen molar-refractivity contribution < 1.29 is 27.0 Å². The molecule has 1 heterocycles. The lowest BCUT2D eigenvalue weighted by atomic mass is 9.84. The first-order chi connectivity index (χ1) is 21.6. The molecule has 0 saturated heterocycles. The summed E-state index contributed by atoms with van der Waals surface area (Å²) in [5, 5.41) is 3.08. The highest BCUT2D eigenvalue weighted by Gasteiger charge is 2.23. The maximum Gasteiger partial charge on any atom is 0.266 e. The van der Waals surface area contributed by atoms with Crippen LogP contribution in [-0.2, 0) is 26.7 Å². The molecule has 0 bridgehead atoms. The summed E-state index contributed by atoms with van der Waals surface area (Å²) < 4.78 is 37.2. The molecule has 2 N–H and O–H groups in total. The second-order valence-corrected chi connectivity index (χ2v) is 14.1. The Balaban J connectivity index is 1.54. The molecule has 0 fully saturated rings. The summed E-state index contributed by atoms with van der Waals surface area (Å²) in [6, 6.07) is 24.6. The van der Waals surface area contributed by atoms with E-state index in [0.29, 0.717) is 17.7 Å². The van der Waals surface area contributed by atoms with Gasteiger partial charge in [-0.05, 0) is 96.5 Å². The number of furan rings is 1. The standard InChI is InChI=1S/C37H42N2O6S/c1-7-8-33-25(2)23-34(45-33)28-15-19-31(20-16-28)38-35(40)32(27-13-17-30(18-14-27)37(3,4)5)24-26-9-11-29(12-10-26)36(41)39(6)21-22-46(42,43)44/h7-20,23,32H,21-22,24H2,1-6H3,(H,38,40)(H,42,43,44)/b8-7-. The van der Waals surface area contributed by atoms with E-state index in [9.17, 15) is 18.0 Å². The highest BCUT2D eigenvalue weighted by Crippen LogP contribution is 2.30. The molecule has 0 radical (unpaired) electrons. The van der Waals surface area contributed by atoms with Crippen LogP contribution in [0.15, 0.2) is 89.4 Å². The maximum absolute atomic E-state index is 13.8. The average molecular weight is 643 g/mol. The number of anilines is 1. The minimum Gasteiger partial charge on any atom is -0.456 e. The number of carbonyl (C=O) groups is 2. The number of hydrogen-bond donors (Lipinski definition) is 2. The lowest BCUT2D eigenvalue weighted by Gasteiger charge is -2.22. The number of nitrogens with zero attached hydrogens (tertiary/aromatic N) is 1. The van der Waals surface area contributed by atoms with Crippen molar-refractivity contribution in [3.8, 4) is 11.3 Å². The van der Waals surface area contributed by atoms with E-state index < -0.39 is 21.8 Å². The normalized spacial score (nSPS) is 12.7. The molecule has 0 aliphatic rings. The SMILES string of the molecule is C/C=C\c1oc(-c2ccc(NC(=O)C(Cc3ccc(C(=O)N(C)CCS(=O)(=O)O)cc3)c3ccc(C(C)(C)C)cc3)cc2)cc1C. The number of carbonyl (C=O) groups excluding carboxylic acids is 2. The van der Waals surface area contributed by atoms with E-state index >= 15 is 0 Å². The molecule has 4 rings (SSSR count). The smallest absolute Gasteiger partial charge is 0.266 e. The van der Waals surface area contributed by atoms with E-state index in [-0.39, 0.29) is 23.8 Å². The highest BCUT2D eigenvalue weighted by molar-refractivity contribution is 7.85. The highest BCUT2D eigenvalue weighted by atomic mass is 32.2. The van der Waals surface area contributed by atoms with E-state index in [0.717, 1.165) is 39.3 Å². The lowest BCUT2D eigenvalue weighted by molar-refractivity contribution is -0.117. The molecule has 242 valence electrons. The maximum atomic E-state index is 13.8. The van der Waals surface area contributed by atoms with Gasteiger partial charge in [-0.1, -0.05) is 63.2 Å². The molecule has 4 aromatic rings. The van der Waals surface area contributed by atoms with Crippen molar-refractivity contribution in [2.24, 2.45) is 0 Å². The fraction of sp³-hybridized carbons (Fsp3) is 0.297. The molecule has 3 aromatic carbocycles. The van der Waals surface area contributed by atoms with Crippen LogP contribution in [0.5, 0.6) is 0 Å². The van der Waals surface area contributed by atoms with Gasteiger partial charge in [0.1, 0.15) is 11.5 Å². The van der Waals surface area contributed by atoms with Crippen LogP contribution in [0.25, 0.3) is 17.4 Å². The van der Waals surface area contributed by atoms with Gasteiger partial charge in [0.05, 0.1) is 11.7 Å². The predicted molar refractivity (Wildman–Crippen MR) is 184 cm³/mol. The molecular weight excluding hydrogens is 600 g/mol. The molecule has 8 nitrogen and oxygen atoms in total. The molecule has 0 spiro atoms. The molecule has 1 unspecified atom stereocenters. The van der Waals surface area contributed by atoms with Crippen molar-refractivity contribution in [2.75, 3.05) is 24.7 Å². The van der Waals surface area contributed by atoms with E-state index in [2.05, 4.69) is 38.2 Å². The van der Waals surface area contributed by atoms with Gasteiger partial charge in [-0.3, -0.25) is 14.1 Å². The largest absolute Gasteiger partial charge is 0.456 e. The monoisotopic (exact) mass is 642 g/mol. The molecule has 2 amide bonds. The first kappa shape index (κ1) is 34.4. The molecule has 1 atom stereocenters.